The average molecular weight is 468 g/mol. The Labute approximate surface area is 190 Å². The van der Waals surface area contributed by atoms with Crippen molar-refractivity contribution in [2.45, 2.75) is 24.8 Å². The first kappa shape index (κ1) is 21.9. The van der Waals surface area contributed by atoms with Gasteiger partial charge in [-0.15, -0.1) is 16.4 Å². The lowest BCUT2D eigenvalue weighted by atomic mass is 10.3. The molecule has 164 valence electrons. The van der Waals surface area contributed by atoms with E-state index < -0.39 is 15.9 Å². The van der Waals surface area contributed by atoms with Gasteiger partial charge in [-0.2, -0.15) is 0 Å². The zero-order valence-electron chi connectivity index (χ0n) is 17.4. The van der Waals surface area contributed by atoms with E-state index in [1.807, 2.05) is 47.8 Å². The molecule has 0 radical (unpaired) electrons. The number of rotatable bonds is 7. The molecule has 0 aliphatic rings. The van der Waals surface area contributed by atoms with Crippen LogP contribution in [0.4, 0.5) is 5.69 Å². The summed E-state index contributed by atoms with van der Waals surface area (Å²) >= 11 is 1.50. The van der Waals surface area contributed by atoms with E-state index in [4.69, 9.17) is 0 Å². The van der Waals surface area contributed by atoms with Gasteiger partial charge in [-0.25, -0.2) is 22.8 Å². The van der Waals surface area contributed by atoms with Gasteiger partial charge in [0.05, 0.1) is 15.5 Å². The number of hydrogen-bond acceptors (Lipinski definition) is 6. The molecule has 2 heterocycles. The molecule has 0 aliphatic heterocycles. The number of carbonyl (C=O) groups excluding carboxylic acids is 1. The zero-order valence-corrected chi connectivity index (χ0v) is 19.0. The van der Waals surface area contributed by atoms with Crippen LogP contribution in [0.25, 0.3) is 16.4 Å². The summed E-state index contributed by atoms with van der Waals surface area (Å²) in [6.07, 6.45) is 0. The molecule has 0 fully saturated rings. The fourth-order valence-corrected chi connectivity index (χ4v) is 4.96. The summed E-state index contributed by atoms with van der Waals surface area (Å²) in [5, 5.41) is 9.08. The molecule has 4 aromatic rings. The lowest BCUT2D eigenvalue weighted by Gasteiger charge is -2.10. The van der Waals surface area contributed by atoms with Crippen molar-refractivity contribution in [3.63, 3.8) is 0 Å². The number of para-hydroxylation sites is 1. The summed E-state index contributed by atoms with van der Waals surface area (Å²) in [5.74, 6) is 0.0846. The molecule has 32 heavy (non-hydrogen) atoms. The third kappa shape index (κ3) is 4.77. The normalized spacial score (nSPS) is 11.6. The molecule has 8 nitrogen and oxygen atoms in total. The van der Waals surface area contributed by atoms with Crippen molar-refractivity contribution in [1.29, 1.82) is 0 Å². The minimum atomic E-state index is -3.60. The van der Waals surface area contributed by atoms with Crippen molar-refractivity contribution in [2.24, 2.45) is 0 Å². The summed E-state index contributed by atoms with van der Waals surface area (Å²) in [7, 11) is -3.60. The van der Waals surface area contributed by atoms with E-state index in [1.165, 1.54) is 35.6 Å². The van der Waals surface area contributed by atoms with Gasteiger partial charge in [-0.05, 0) is 61.7 Å². The van der Waals surface area contributed by atoms with Crippen LogP contribution in [0.5, 0.6) is 0 Å². The van der Waals surface area contributed by atoms with Crippen LogP contribution in [0.3, 0.4) is 0 Å². The van der Waals surface area contributed by atoms with Crippen molar-refractivity contribution < 1.29 is 13.2 Å². The van der Waals surface area contributed by atoms with E-state index >= 15 is 0 Å². The first-order chi connectivity index (χ1) is 15.3. The predicted molar refractivity (Wildman–Crippen MR) is 125 cm³/mol. The minimum Gasteiger partial charge on any atom is -0.319 e. The van der Waals surface area contributed by atoms with Gasteiger partial charge in [0.1, 0.15) is 0 Å². The SMILES string of the molecule is CC(C)NS(=O)(=O)c1ccc(NC(=O)c2nc(-c3cccs3)n(-c3ccccc3)n2)cc1. The summed E-state index contributed by atoms with van der Waals surface area (Å²) < 4.78 is 28.7. The topological polar surface area (TPSA) is 106 Å². The minimum absolute atomic E-state index is 0.00965. The molecule has 10 heteroatoms. The largest absolute Gasteiger partial charge is 0.319 e. The second-order valence-corrected chi connectivity index (χ2v) is 9.90. The number of nitrogens with zero attached hydrogens (tertiary/aromatic N) is 3. The highest BCUT2D eigenvalue weighted by molar-refractivity contribution is 7.89. The summed E-state index contributed by atoms with van der Waals surface area (Å²) in [4.78, 5) is 18.3. The molecule has 1 amide bonds. The number of aromatic nitrogens is 3. The molecule has 2 N–H and O–H groups in total. The van der Waals surface area contributed by atoms with Gasteiger partial charge in [0.2, 0.25) is 15.8 Å². The Morgan fingerprint density at radius 3 is 2.34 bits per heavy atom. The highest BCUT2D eigenvalue weighted by Gasteiger charge is 2.20. The van der Waals surface area contributed by atoms with E-state index in [0.717, 1.165) is 10.6 Å². The van der Waals surface area contributed by atoms with E-state index in [0.29, 0.717) is 11.5 Å². The second kappa shape index (κ2) is 9.03. The first-order valence-corrected chi connectivity index (χ1v) is 12.2. The molecule has 4 rings (SSSR count). The van der Waals surface area contributed by atoms with Crippen LogP contribution in [0.15, 0.2) is 77.0 Å². The lowest BCUT2D eigenvalue weighted by Crippen LogP contribution is -2.30. The fraction of sp³-hybridized carbons (Fsp3) is 0.136. The van der Waals surface area contributed by atoms with Gasteiger partial charge < -0.3 is 5.32 Å². The van der Waals surface area contributed by atoms with Crippen molar-refractivity contribution in [3.05, 3.63) is 77.9 Å². The third-order valence-corrected chi connectivity index (χ3v) is 6.91. The summed E-state index contributed by atoms with van der Waals surface area (Å²) in [5.41, 5.74) is 1.22. The van der Waals surface area contributed by atoms with Gasteiger partial charge in [0, 0.05) is 11.7 Å². The quantitative estimate of drug-likeness (QED) is 0.428. The summed E-state index contributed by atoms with van der Waals surface area (Å²) in [6.45, 7) is 3.50. The van der Waals surface area contributed by atoms with Gasteiger partial charge in [0.25, 0.3) is 5.91 Å². The van der Waals surface area contributed by atoms with Gasteiger partial charge >= 0.3 is 0 Å². The van der Waals surface area contributed by atoms with Crippen molar-refractivity contribution in [2.75, 3.05) is 5.32 Å². The van der Waals surface area contributed by atoms with Crippen molar-refractivity contribution in [1.82, 2.24) is 19.5 Å². The molecule has 2 aromatic carbocycles. The van der Waals surface area contributed by atoms with E-state index in [1.54, 1.807) is 18.5 Å². The number of nitrogens with one attached hydrogen (secondary N) is 2. The number of sulfonamides is 1. The Morgan fingerprint density at radius 2 is 1.72 bits per heavy atom. The number of benzene rings is 2. The van der Waals surface area contributed by atoms with E-state index in [-0.39, 0.29) is 16.8 Å². The van der Waals surface area contributed by atoms with E-state index in [9.17, 15) is 13.2 Å². The molecule has 2 aromatic heterocycles. The van der Waals surface area contributed by atoms with Crippen LogP contribution in [0, 0.1) is 0 Å². The molecule has 0 spiro atoms. The number of anilines is 1. The molecule has 0 unspecified atom stereocenters. The van der Waals surface area contributed by atoms with Crippen LogP contribution in [-0.4, -0.2) is 35.1 Å². The number of hydrogen-bond donors (Lipinski definition) is 2. The Bertz CT molecular complexity index is 1310. The third-order valence-electron chi connectivity index (χ3n) is 4.37. The van der Waals surface area contributed by atoms with Gasteiger partial charge in [0.15, 0.2) is 5.82 Å². The molecule has 0 aliphatic carbocycles. The fourth-order valence-electron chi connectivity index (χ4n) is 3.01. The van der Waals surface area contributed by atoms with Crippen LogP contribution in [-0.2, 0) is 10.0 Å². The maximum Gasteiger partial charge on any atom is 0.295 e. The molecule has 0 bridgehead atoms. The Morgan fingerprint density at radius 1 is 1.00 bits per heavy atom. The van der Waals surface area contributed by atoms with Crippen LogP contribution in [0.2, 0.25) is 0 Å². The highest BCUT2D eigenvalue weighted by atomic mass is 32.2. The highest BCUT2D eigenvalue weighted by Crippen LogP contribution is 2.26. The maximum atomic E-state index is 12.8. The van der Waals surface area contributed by atoms with Crippen molar-refractivity contribution in [3.8, 4) is 16.4 Å². The van der Waals surface area contributed by atoms with Crippen LogP contribution >= 0.6 is 11.3 Å². The van der Waals surface area contributed by atoms with Gasteiger partial charge in [-0.1, -0.05) is 24.3 Å². The molecular formula is C22H21N5O3S2. The zero-order chi connectivity index (χ0) is 22.7. The number of thiophene rings is 1. The number of carbonyl (C=O) groups is 1. The number of amides is 1. The molecule has 0 atom stereocenters. The Hall–Kier alpha value is -3.34. The van der Waals surface area contributed by atoms with Crippen LogP contribution < -0.4 is 10.0 Å². The smallest absolute Gasteiger partial charge is 0.295 e. The van der Waals surface area contributed by atoms with Crippen molar-refractivity contribution >= 4 is 33.0 Å². The van der Waals surface area contributed by atoms with E-state index in [2.05, 4.69) is 20.1 Å². The molecule has 0 saturated carbocycles. The monoisotopic (exact) mass is 467 g/mol. The Balaban J connectivity index is 1.59. The molecular weight excluding hydrogens is 446 g/mol. The second-order valence-electron chi connectivity index (χ2n) is 7.24. The summed E-state index contributed by atoms with van der Waals surface area (Å²) in [6, 6.07) is 19.0. The van der Waals surface area contributed by atoms with Gasteiger partial charge in [-0.3, -0.25) is 4.79 Å². The standard InChI is InChI=1S/C22H21N5O3S2/c1-15(2)26-32(29,30)18-12-10-16(11-13-18)23-22(28)20-24-21(19-9-6-14-31-19)27(25-20)17-7-4-3-5-8-17/h3-15,26H,1-2H3,(H,23,28). The molecule has 0 saturated heterocycles. The average Bonchev–Trinajstić information content (AvgIpc) is 3.44. The maximum absolute atomic E-state index is 12.8. The predicted octanol–water partition coefficient (Wildman–Crippen LogP) is 3.93. The first-order valence-electron chi connectivity index (χ1n) is 9.83. The van der Waals surface area contributed by atoms with Crippen LogP contribution in [0.1, 0.15) is 24.5 Å². The lowest BCUT2D eigenvalue weighted by molar-refractivity contribution is 0.101. The Kier molecular flexibility index (Phi) is 6.17.